The zero-order valence-corrected chi connectivity index (χ0v) is 20.0. The lowest BCUT2D eigenvalue weighted by Gasteiger charge is -2.31. The highest BCUT2D eigenvalue weighted by Gasteiger charge is 2.28. The van der Waals surface area contributed by atoms with Crippen LogP contribution >= 0.6 is 0 Å². The number of methoxy groups -OCH3 is 2. The average Bonchev–Trinajstić information content (AvgIpc) is 2.73. The monoisotopic (exact) mass is 442 g/mol. The first kappa shape index (κ1) is 25.0. The largest absolute Gasteiger partial charge is 0.496 e. The van der Waals surface area contributed by atoms with Gasteiger partial charge in [0.15, 0.2) is 6.61 Å². The summed E-state index contributed by atoms with van der Waals surface area (Å²) in [5.41, 5.74) is 1.62. The van der Waals surface area contributed by atoms with E-state index in [0.717, 1.165) is 11.1 Å². The summed E-state index contributed by atoms with van der Waals surface area (Å²) < 4.78 is 16.2. The number of hydrogen-bond acceptors (Lipinski definition) is 5. The van der Waals surface area contributed by atoms with Crippen LogP contribution in [-0.2, 0) is 16.1 Å². The van der Waals surface area contributed by atoms with Gasteiger partial charge in [-0.3, -0.25) is 9.59 Å². The quantitative estimate of drug-likeness (QED) is 0.640. The predicted molar refractivity (Wildman–Crippen MR) is 124 cm³/mol. The van der Waals surface area contributed by atoms with Crippen molar-refractivity contribution in [3.63, 3.8) is 0 Å². The first-order valence-electron chi connectivity index (χ1n) is 10.6. The molecule has 1 unspecified atom stereocenters. The molecule has 0 aromatic heterocycles. The Morgan fingerprint density at radius 3 is 2.12 bits per heavy atom. The van der Waals surface area contributed by atoms with Gasteiger partial charge >= 0.3 is 0 Å². The van der Waals surface area contributed by atoms with Crippen LogP contribution in [0.3, 0.4) is 0 Å². The van der Waals surface area contributed by atoms with Crippen molar-refractivity contribution in [1.29, 1.82) is 0 Å². The summed E-state index contributed by atoms with van der Waals surface area (Å²) in [5, 5.41) is 2.95. The summed E-state index contributed by atoms with van der Waals surface area (Å²) in [7, 11) is 3.09. The van der Waals surface area contributed by atoms with Gasteiger partial charge in [0.05, 0.1) is 14.2 Å². The van der Waals surface area contributed by atoms with Gasteiger partial charge in [-0.1, -0.05) is 29.8 Å². The number of carbonyl (C=O) groups is 2. The van der Waals surface area contributed by atoms with Crippen molar-refractivity contribution in [2.24, 2.45) is 0 Å². The van der Waals surface area contributed by atoms with Crippen LogP contribution in [0.4, 0.5) is 0 Å². The summed E-state index contributed by atoms with van der Waals surface area (Å²) >= 11 is 0. The number of carbonyl (C=O) groups excluding carboxylic acids is 2. The molecule has 0 heterocycles. The van der Waals surface area contributed by atoms with Gasteiger partial charge in [0, 0.05) is 30.3 Å². The maximum absolute atomic E-state index is 13.2. The van der Waals surface area contributed by atoms with Crippen LogP contribution in [0.15, 0.2) is 42.5 Å². The van der Waals surface area contributed by atoms with Gasteiger partial charge in [0.25, 0.3) is 5.91 Å². The topological polar surface area (TPSA) is 77.1 Å². The zero-order valence-electron chi connectivity index (χ0n) is 20.0. The Hall–Kier alpha value is -3.22. The Morgan fingerprint density at radius 2 is 1.59 bits per heavy atom. The van der Waals surface area contributed by atoms with Crippen LogP contribution in [0.2, 0.25) is 0 Å². The van der Waals surface area contributed by atoms with Crippen LogP contribution in [0.1, 0.15) is 38.8 Å². The molecule has 0 saturated heterocycles. The molecule has 32 heavy (non-hydrogen) atoms. The van der Waals surface area contributed by atoms with Crippen molar-refractivity contribution in [2.45, 2.75) is 52.7 Å². The van der Waals surface area contributed by atoms with E-state index in [0.29, 0.717) is 23.8 Å². The maximum atomic E-state index is 13.2. The number of amides is 2. The van der Waals surface area contributed by atoms with Gasteiger partial charge < -0.3 is 24.4 Å². The SMILES string of the molecule is COc1cc(OC)cc(OCC(=O)N(Cc2cccc(C)c2)C(C)C(=O)NC(C)(C)C)c1. The molecule has 0 spiro atoms. The summed E-state index contributed by atoms with van der Waals surface area (Å²) in [5.74, 6) is 1.03. The molecule has 0 aliphatic heterocycles. The molecule has 2 rings (SSSR count). The molecule has 1 N–H and O–H groups in total. The van der Waals surface area contributed by atoms with E-state index >= 15 is 0 Å². The van der Waals surface area contributed by atoms with E-state index in [1.165, 1.54) is 4.90 Å². The van der Waals surface area contributed by atoms with E-state index in [2.05, 4.69) is 5.32 Å². The van der Waals surface area contributed by atoms with E-state index in [4.69, 9.17) is 14.2 Å². The van der Waals surface area contributed by atoms with Crippen molar-refractivity contribution in [2.75, 3.05) is 20.8 Å². The molecular weight excluding hydrogens is 408 g/mol. The van der Waals surface area contributed by atoms with Crippen molar-refractivity contribution < 1.29 is 23.8 Å². The van der Waals surface area contributed by atoms with Crippen LogP contribution < -0.4 is 19.5 Å². The van der Waals surface area contributed by atoms with Crippen molar-refractivity contribution in [1.82, 2.24) is 10.2 Å². The number of nitrogens with one attached hydrogen (secondary N) is 1. The van der Waals surface area contributed by atoms with Gasteiger partial charge in [0.1, 0.15) is 23.3 Å². The summed E-state index contributed by atoms with van der Waals surface area (Å²) in [6.07, 6.45) is 0. The highest BCUT2D eigenvalue weighted by atomic mass is 16.5. The lowest BCUT2D eigenvalue weighted by molar-refractivity contribution is -0.142. The third kappa shape index (κ3) is 7.48. The number of rotatable bonds is 9. The molecule has 7 heteroatoms. The molecule has 174 valence electrons. The molecule has 2 aromatic carbocycles. The highest BCUT2D eigenvalue weighted by molar-refractivity contribution is 5.88. The molecule has 0 radical (unpaired) electrons. The Bertz CT molecular complexity index is 914. The van der Waals surface area contributed by atoms with Crippen LogP contribution in [-0.4, -0.2) is 49.1 Å². The predicted octanol–water partition coefficient (Wildman–Crippen LogP) is 3.72. The van der Waals surface area contributed by atoms with E-state index < -0.39 is 11.6 Å². The number of nitrogens with zero attached hydrogens (tertiary/aromatic N) is 1. The van der Waals surface area contributed by atoms with Crippen molar-refractivity contribution in [3.05, 3.63) is 53.6 Å². The minimum absolute atomic E-state index is 0.221. The Morgan fingerprint density at radius 1 is 1.00 bits per heavy atom. The van der Waals surface area contributed by atoms with Crippen molar-refractivity contribution in [3.8, 4) is 17.2 Å². The van der Waals surface area contributed by atoms with Crippen LogP contribution in [0, 0.1) is 6.92 Å². The van der Waals surface area contributed by atoms with Gasteiger partial charge in [0.2, 0.25) is 5.91 Å². The van der Waals surface area contributed by atoms with Gasteiger partial charge in [-0.2, -0.15) is 0 Å². The third-order valence-corrected chi connectivity index (χ3v) is 4.79. The van der Waals surface area contributed by atoms with E-state index in [1.54, 1.807) is 39.3 Å². The van der Waals surface area contributed by atoms with E-state index in [-0.39, 0.29) is 18.4 Å². The molecule has 0 bridgehead atoms. The Kier molecular flexibility index (Phi) is 8.52. The van der Waals surface area contributed by atoms with Crippen LogP contribution in [0.25, 0.3) is 0 Å². The molecule has 2 amide bonds. The first-order valence-corrected chi connectivity index (χ1v) is 10.6. The number of ether oxygens (including phenoxy) is 3. The third-order valence-electron chi connectivity index (χ3n) is 4.79. The highest BCUT2D eigenvalue weighted by Crippen LogP contribution is 2.27. The molecule has 2 aromatic rings. The fraction of sp³-hybridized carbons (Fsp3) is 0.440. The minimum atomic E-state index is -0.675. The van der Waals surface area contributed by atoms with Gasteiger partial charge in [-0.25, -0.2) is 0 Å². The molecule has 1 atom stereocenters. The fourth-order valence-electron chi connectivity index (χ4n) is 3.16. The molecular formula is C25H34N2O5. The molecule has 7 nitrogen and oxygen atoms in total. The second-order valence-electron chi connectivity index (χ2n) is 8.76. The van der Waals surface area contributed by atoms with Crippen molar-refractivity contribution >= 4 is 11.8 Å². The number of hydrogen-bond donors (Lipinski definition) is 1. The molecule has 0 aliphatic rings. The van der Waals surface area contributed by atoms with E-state index in [9.17, 15) is 9.59 Å². The first-order chi connectivity index (χ1) is 15.0. The molecule has 0 saturated carbocycles. The standard InChI is InChI=1S/C25H34N2O5/c1-17-9-8-10-19(11-17)15-27(18(2)24(29)26-25(3,4)5)23(28)16-32-22-13-20(30-6)12-21(14-22)31-7/h8-14,18H,15-16H2,1-7H3,(H,26,29). The van der Waals surface area contributed by atoms with Gasteiger partial charge in [-0.15, -0.1) is 0 Å². The summed E-state index contributed by atoms with van der Waals surface area (Å²) in [4.78, 5) is 27.5. The number of aryl methyl sites for hydroxylation is 1. The molecule has 0 aliphatic carbocycles. The lowest BCUT2D eigenvalue weighted by atomic mass is 10.1. The molecule has 0 fully saturated rings. The fourth-order valence-corrected chi connectivity index (χ4v) is 3.16. The average molecular weight is 443 g/mol. The second kappa shape index (κ2) is 10.9. The number of benzene rings is 2. The normalized spacial score (nSPS) is 12.0. The smallest absolute Gasteiger partial charge is 0.261 e. The van der Waals surface area contributed by atoms with Crippen LogP contribution in [0.5, 0.6) is 17.2 Å². The maximum Gasteiger partial charge on any atom is 0.261 e. The minimum Gasteiger partial charge on any atom is -0.496 e. The van der Waals surface area contributed by atoms with E-state index in [1.807, 2.05) is 52.0 Å². The Balaban J connectivity index is 2.22. The second-order valence-corrected chi connectivity index (χ2v) is 8.76. The lowest BCUT2D eigenvalue weighted by Crippen LogP contribution is -2.53. The summed E-state index contributed by atoms with van der Waals surface area (Å²) in [6.45, 7) is 9.50. The Labute approximate surface area is 190 Å². The zero-order chi connectivity index (χ0) is 23.9. The van der Waals surface area contributed by atoms with Gasteiger partial charge in [-0.05, 0) is 40.2 Å². The summed E-state index contributed by atoms with van der Waals surface area (Å²) in [6, 6.07) is 12.3.